The third-order valence-electron chi connectivity index (χ3n) is 1.90. The Kier molecular flexibility index (Phi) is 5.72. The molecule has 0 saturated heterocycles. The van der Waals surface area contributed by atoms with E-state index in [2.05, 4.69) is 37.9 Å². The first-order chi connectivity index (χ1) is 7.19. The lowest BCUT2D eigenvalue weighted by Crippen LogP contribution is -2.25. The van der Waals surface area contributed by atoms with Gasteiger partial charge in [-0.2, -0.15) is 0 Å². The number of pyridine rings is 1. The van der Waals surface area contributed by atoms with Gasteiger partial charge >= 0.3 is 0 Å². The summed E-state index contributed by atoms with van der Waals surface area (Å²) in [6.45, 7) is 19.3. The second-order valence-corrected chi connectivity index (χ2v) is 2.75. The summed E-state index contributed by atoms with van der Waals surface area (Å²) in [6, 6.07) is 3.84. The monoisotopic (exact) mass is 199 g/mol. The van der Waals surface area contributed by atoms with Crippen LogP contribution in [0, 0.1) is 0 Å². The third-order valence-corrected chi connectivity index (χ3v) is 1.90. The fourth-order valence-electron chi connectivity index (χ4n) is 1.06. The van der Waals surface area contributed by atoms with Crippen molar-refractivity contribution in [2.45, 2.75) is 6.92 Å². The standard InChI is InChI=1S/C12H13N.C2H4/c1-5-11(6-2)12-8-7-9(3)10(4)13-12;1-2/h5-8H,1,3-4H2,2H3;1-2H2/b11-6+;. The summed E-state index contributed by atoms with van der Waals surface area (Å²) in [6.07, 6.45) is 3.75. The fourth-order valence-corrected chi connectivity index (χ4v) is 1.06. The molecular weight excluding hydrogens is 182 g/mol. The van der Waals surface area contributed by atoms with Crippen molar-refractivity contribution in [1.82, 2.24) is 4.98 Å². The van der Waals surface area contributed by atoms with Crippen LogP contribution in [0.5, 0.6) is 0 Å². The number of allylic oxidation sites excluding steroid dienone is 3. The molecular formula is C14H17N. The zero-order valence-electron chi connectivity index (χ0n) is 9.29. The molecule has 1 aromatic heterocycles. The van der Waals surface area contributed by atoms with Gasteiger partial charge in [0.05, 0.1) is 11.0 Å². The first-order valence-corrected chi connectivity index (χ1v) is 4.63. The highest BCUT2D eigenvalue weighted by Crippen LogP contribution is 2.08. The number of aromatic nitrogens is 1. The third kappa shape index (κ3) is 3.39. The van der Waals surface area contributed by atoms with Crippen molar-refractivity contribution in [3.8, 4) is 0 Å². The largest absolute Gasteiger partial charge is 0.248 e. The number of rotatable bonds is 2. The highest BCUT2D eigenvalue weighted by molar-refractivity contribution is 5.70. The zero-order chi connectivity index (χ0) is 11.8. The van der Waals surface area contributed by atoms with E-state index in [0.29, 0.717) is 0 Å². The predicted molar refractivity (Wildman–Crippen MR) is 69.6 cm³/mol. The fraction of sp³-hybridized carbons (Fsp3) is 0.0714. The Labute approximate surface area is 91.5 Å². The molecule has 0 bridgehead atoms. The lowest BCUT2D eigenvalue weighted by Gasteiger charge is -1.99. The zero-order valence-corrected chi connectivity index (χ0v) is 9.29. The van der Waals surface area contributed by atoms with Crippen LogP contribution in [-0.2, 0) is 0 Å². The second-order valence-electron chi connectivity index (χ2n) is 2.75. The van der Waals surface area contributed by atoms with Crippen LogP contribution in [0.15, 0.2) is 44.0 Å². The molecule has 78 valence electrons. The minimum absolute atomic E-state index is 0.721. The van der Waals surface area contributed by atoms with Crippen molar-refractivity contribution in [1.29, 1.82) is 0 Å². The molecule has 1 rings (SSSR count). The summed E-state index contributed by atoms with van der Waals surface area (Å²) in [5.41, 5.74) is 1.92. The van der Waals surface area contributed by atoms with Gasteiger partial charge in [-0.05, 0) is 23.8 Å². The maximum atomic E-state index is 4.30. The molecule has 0 spiro atoms. The SMILES string of the molecule is C=C.C=C/C(=C\C)c1ccc(=C)c(=C)n1. The van der Waals surface area contributed by atoms with Gasteiger partial charge in [-0.15, -0.1) is 13.2 Å². The van der Waals surface area contributed by atoms with E-state index >= 15 is 0 Å². The maximum absolute atomic E-state index is 4.30. The highest BCUT2D eigenvalue weighted by Gasteiger charge is 1.95. The minimum atomic E-state index is 0.721. The van der Waals surface area contributed by atoms with Crippen LogP contribution in [0.3, 0.4) is 0 Å². The molecule has 0 aliphatic heterocycles. The molecule has 0 amide bonds. The molecule has 0 radical (unpaired) electrons. The van der Waals surface area contributed by atoms with Crippen molar-refractivity contribution in [2.75, 3.05) is 0 Å². The van der Waals surface area contributed by atoms with Gasteiger partial charge in [0, 0.05) is 0 Å². The average Bonchev–Trinajstić information content (AvgIpc) is 2.28. The lowest BCUT2D eigenvalue weighted by molar-refractivity contribution is 1.20. The first-order valence-electron chi connectivity index (χ1n) is 4.63. The van der Waals surface area contributed by atoms with Crippen LogP contribution in [0.4, 0.5) is 0 Å². The van der Waals surface area contributed by atoms with Gasteiger partial charge in [0.1, 0.15) is 0 Å². The Morgan fingerprint density at radius 2 is 1.87 bits per heavy atom. The summed E-state index contributed by atoms with van der Waals surface area (Å²) in [4.78, 5) is 4.30. The van der Waals surface area contributed by atoms with E-state index in [1.165, 1.54) is 0 Å². The first kappa shape index (κ1) is 13.1. The van der Waals surface area contributed by atoms with Crippen molar-refractivity contribution >= 4 is 18.7 Å². The molecule has 0 aromatic carbocycles. The van der Waals surface area contributed by atoms with Gasteiger partial charge < -0.3 is 0 Å². The van der Waals surface area contributed by atoms with Gasteiger partial charge in [-0.1, -0.05) is 38.0 Å². The normalized spacial score (nSPS) is 10.1. The van der Waals surface area contributed by atoms with Gasteiger partial charge in [0.15, 0.2) is 0 Å². The number of nitrogens with zero attached hydrogens (tertiary/aromatic N) is 1. The second kappa shape index (κ2) is 6.55. The Bertz CT molecular complexity index is 455. The van der Waals surface area contributed by atoms with E-state index in [4.69, 9.17) is 0 Å². The molecule has 1 aromatic rings. The molecule has 0 atom stereocenters. The summed E-state index contributed by atoms with van der Waals surface area (Å²) in [7, 11) is 0. The van der Waals surface area contributed by atoms with Crippen LogP contribution in [0.1, 0.15) is 12.6 Å². The summed E-state index contributed by atoms with van der Waals surface area (Å²) >= 11 is 0. The van der Waals surface area contributed by atoms with Gasteiger partial charge in [-0.25, -0.2) is 4.98 Å². The Morgan fingerprint density at radius 1 is 1.27 bits per heavy atom. The smallest absolute Gasteiger partial charge is 0.0705 e. The van der Waals surface area contributed by atoms with Crippen LogP contribution in [0.2, 0.25) is 0 Å². The highest BCUT2D eigenvalue weighted by atomic mass is 14.7. The van der Waals surface area contributed by atoms with E-state index in [-0.39, 0.29) is 0 Å². The molecule has 0 saturated carbocycles. The van der Waals surface area contributed by atoms with E-state index in [9.17, 15) is 0 Å². The Balaban J connectivity index is 0.000000921. The quantitative estimate of drug-likeness (QED) is 0.526. The molecule has 1 heterocycles. The van der Waals surface area contributed by atoms with E-state index < -0.39 is 0 Å². The molecule has 0 unspecified atom stereocenters. The average molecular weight is 199 g/mol. The lowest BCUT2D eigenvalue weighted by atomic mass is 10.1. The molecule has 0 aliphatic carbocycles. The van der Waals surface area contributed by atoms with Crippen LogP contribution in [-0.4, -0.2) is 4.98 Å². The van der Waals surface area contributed by atoms with Gasteiger partial charge in [0.2, 0.25) is 0 Å². The van der Waals surface area contributed by atoms with Crippen molar-refractivity contribution in [3.63, 3.8) is 0 Å². The van der Waals surface area contributed by atoms with E-state index in [1.54, 1.807) is 6.08 Å². The topological polar surface area (TPSA) is 12.9 Å². The van der Waals surface area contributed by atoms with Crippen molar-refractivity contribution < 1.29 is 0 Å². The van der Waals surface area contributed by atoms with Gasteiger partial charge in [-0.3, -0.25) is 0 Å². The Morgan fingerprint density at radius 3 is 2.27 bits per heavy atom. The molecule has 1 heteroatoms. The molecule has 0 aliphatic rings. The molecule has 15 heavy (non-hydrogen) atoms. The molecule has 0 fully saturated rings. The predicted octanol–water partition coefficient (Wildman–Crippen LogP) is 2.29. The molecule has 0 N–H and O–H groups in total. The Hall–Kier alpha value is -1.89. The van der Waals surface area contributed by atoms with E-state index in [0.717, 1.165) is 21.8 Å². The summed E-state index contributed by atoms with van der Waals surface area (Å²) in [5.74, 6) is 0. The van der Waals surface area contributed by atoms with Crippen molar-refractivity contribution in [3.05, 3.63) is 60.3 Å². The van der Waals surface area contributed by atoms with Gasteiger partial charge in [0.25, 0.3) is 0 Å². The van der Waals surface area contributed by atoms with Crippen LogP contribution in [0.25, 0.3) is 18.7 Å². The van der Waals surface area contributed by atoms with Crippen LogP contribution >= 0.6 is 0 Å². The summed E-state index contributed by atoms with van der Waals surface area (Å²) in [5, 5.41) is 1.59. The summed E-state index contributed by atoms with van der Waals surface area (Å²) < 4.78 is 0. The number of hydrogen-bond acceptors (Lipinski definition) is 1. The maximum Gasteiger partial charge on any atom is 0.0705 e. The van der Waals surface area contributed by atoms with E-state index in [1.807, 2.05) is 25.1 Å². The number of hydrogen-bond donors (Lipinski definition) is 0. The van der Waals surface area contributed by atoms with Crippen molar-refractivity contribution in [2.24, 2.45) is 0 Å². The van der Waals surface area contributed by atoms with Crippen LogP contribution < -0.4 is 10.6 Å². The minimum Gasteiger partial charge on any atom is -0.248 e. The molecule has 1 nitrogen and oxygen atoms in total.